The first-order valence-electron chi connectivity index (χ1n) is 7.45. The van der Waals surface area contributed by atoms with Gasteiger partial charge in [0.05, 0.1) is 24.9 Å². The standard InChI is InChI=1S/C16H21ClN2O4/c1-11(20)19(10-16(21)18-6-4-5-7-18)13-9-14(22-2)12(17)8-15(13)23-3/h8-9H,4-7,10H2,1-3H3. The summed E-state index contributed by atoms with van der Waals surface area (Å²) in [4.78, 5) is 27.6. The van der Waals surface area contributed by atoms with Crippen molar-refractivity contribution in [1.82, 2.24) is 4.90 Å². The number of ether oxygens (including phenoxy) is 2. The second-order valence-electron chi connectivity index (χ2n) is 5.35. The SMILES string of the molecule is COc1cc(N(CC(=O)N2CCCC2)C(C)=O)c(OC)cc1Cl. The minimum absolute atomic E-state index is 0.0313. The first-order valence-corrected chi connectivity index (χ1v) is 7.83. The van der Waals surface area contributed by atoms with Crippen molar-refractivity contribution in [3.05, 3.63) is 17.2 Å². The highest BCUT2D eigenvalue weighted by atomic mass is 35.5. The minimum Gasteiger partial charge on any atom is -0.495 e. The second-order valence-corrected chi connectivity index (χ2v) is 5.76. The molecule has 2 rings (SSSR count). The van der Waals surface area contributed by atoms with Crippen LogP contribution in [-0.2, 0) is 9.59 Å². The number of methoxy groups -OCH3 is 2. The van der Waals surface area contributed by atoms with E-state index in [9.17, 15) is 9.59 Å². The van der Waals surface area contributed by atoms with Gasteiger partial charge in [0, 0.05) is 32.1 Å². The van der Waals surface area contributed by atoms with Crippen molar-refractivity contribution in [2.24, 2.45) is 0 Å². The lowest BCUT2D eigenvalue weighted by atomic mass is 10.2. The Hall–Kier alpha value is -1.95. The van der Waals surface area contributed by atoms with Gasteiger partial charge in [0.25, 0.3) is 0 Å². The number of halogens is 1. The van der Waals surface area contributed by atoms with Gasteiger partial charge in [-0.15, -0.1) is 0 Å². The predicted octanol–water partition coefficient (Wildman–Crippen LogP) is 2.33. The third-order valence-electron chi connectivity index (χ3n) is 3.88. The number of hydrogen-bond donors (Lipinski definition) is 0. The molecule has 1 aliphatic heterocycles. The Bertz CT molecular complexity index is 600. The molecule has 6 nitrogen and oxygen atoms in total. The van der Waals surface area contributed by atoms with Crippen LogP contribution >= 0.6 is 11.6 Å². The van der Waals surface area contributed by atoms with E-state index >= 15 is 0 Å². The maximum absolute atomic E-state index is 12.4. The molecule has 7 heteroatoms. The van der Waals surface area contributed by atoms with Gasteiger partial charge in [-0.3, -0.25) is 14.5 Å². The Morgan fingerprint density at radius 1 is 1.17 bits per heavy atom. The maximum atomic E-state index is 12.4. The molecule has 0 aliphatic carbocycles. The molecule has 1 aromatic rings. The smallest absolute Gasteiger partial charge is 0.242 e. The quantitative estimate of drug-likeness (QED) is 0.825. The van der Waals surface area contributed by atoms with Gasteiger partial charge in [-0.05, 0) is 12.8 Å². The van der Waals surface area contributed by atoms with Crippen LogP contribution < -0.4 is 14.4 Å². The van der Waals surface area contributed by atoms with E-state index in [0.29, 0.717) is 22.2 Å². The van der Waals surface area contributed by atoms with Crippen molar-refractivity contribution in [2.45, 2.75) is 19.8 Å². The van der Waals surface area contributed by atoms with E-state index in [4.69, 9.17) is 21.1 Å². The van der Waals surface area contributed by atoms with Gasteiger partial charge < -0.3 is 14.4 Å². The van der Waals surface area contributed by atoms with Crippen molar-refractivity contribution in [1.29, 1.82) is 0 Å². The highest BCUT2D eigenvalue weighted by Gasteiger charge is 2.25. The summed E-state index contributed by atoms with van der Waals surface area (Å²) in [7, 11) is 2.98. The van der Waals surface area contributed by atoms with Crippen molar-refractivity contribution >= 4 is 29.1 Å². The molecule has 0 radical (unpaired) electrons. The summed E-state index contributed by atoms with van der Waals surface area (Å²) >= 11 is 6.09. The Kier molecular flexibility index (Phi) is 5.71. The monoisotopic (exact) mass is 340 g/mol. The van der Waals surface area contributed by atoms with E-state index in [1.165, 1.54) is 26.0 Å². The number of carbonyl (C=O) groups is 2. The van der Waals surface area contributed by atoms with Crippen LogP contribution in [0.2, 0.25) is 5.02 Å². The maximum Gasteiger partial charge on any atom is 0.242 e. The van der Waals surface area contributed by atoms with Crippen LogP contribution in [0.15, 0.2) is 12.1 Å². The lowest BCUT2D eigenvalue weighted by Crippen LogP contribution is -2.41. The Morgan fingerprint density at radius 3 is 2.30 bits per heavy atom. The van der Waals surface area contributed by atoms with Gasteiger partial charge in [-0.25, -0.2) is 0 Å². The van der Waals surface area contributed by atoms with Crippen molar-refractivity contribution in [2.75, 3.05) is 38.8 Å². The molecule has 0 atom stereocenters. The van der Waals surface area contributed by atoms with E-state index in [0.717, 1.165) is 25.9 Å². The number of carbonyl (C=O) groups excluding carboxylic acids is 2. The van der Waals surface area contributed by atoms with Crippen LogP contribution in [0.4, 0.5) is 5.69 Å². The van der Waals surface area contributed by atoms with E-state index in [-0.39, 0.29) is 18.4 Å². The van der Waals surface area contributed by atoms with E-state index < -0.39 is 0 Å². The summed E-state index contributed by atoms with van der Waals surface area (Å²) in [5.41, 5.74) is 0.466. The molecule has 0 saturated carbocycles. The summed E-state index contributed by atoms with van der Waals surface area (Å²) in [6.45, 7) is 2.87. The molecule has 0 unspecified atom stereocenters. The van der Waals surface area contributed by atoms with Crippen LogP contribution in [0.5, 0.6) is 11.5 Å². The van der Waals surface area contributed by atoms with Crippen LogP contribution in [0.1, 0.15) is 19.8 Å². The second kappa shape index (κ2) is 7.55. The summed E-state index contributed by atoms with van der Waals surface area (Å²) < 4.78 is 10.5. The van der Waals surface area contributed by atoms with E-state index in [2.05, 4.69) is 0 Å². The number of rotatable bonds is 5. The third-order valence-corrected chi connectivity index (χ3v) is 4.17. The van der Waals surface area contributed by atoms with E-state index in [1.807, 2.05) is 0 Å². The number of hydrogen-bond acceptors (Lipinski definition) is 4. The molecule has 1 heterocycles. The van der Waals surface area contributed by atoms with Crippen molar-refractivity contribution in [3.63, 3.8) is 0 Å². The van der Waals surface area contributed by atoms with Gasteiger partial charge in [-0.2, -0.15) is 0 Å². The molecule has 0 N–H and O–H groups in total. The zero-order valence-electron chi connectivity index (χ0n) is 13.6. The van der Waals surface area contributed by atoms with Gasteiger partial charge >= 0.3 is 0 Å². The molecule has 0 bridgehead atoms. The normalized spacial score (nSPS) is 13.8. The summed E-state index contributed by atoms with van der Waals surface area (Å²) in [6, 6.07) is 3.19. The lowest BCUT2D eigenvalue weighted by Gasteiger charge is -2.26. The molecular weight excluding hydrogens is 320 g/mol. The van der Waals surface area contributed by atoms with Gasteiger partial charge in [0.2, 0.25) is 11.8 Å². The first-order chi connectivity index (χ1) is 11.0. The highest BCUT2D eigenvalue weighted by molar-refractivity contribution is 6.32. The number of anilines is 1. The third kappa shape index (κ3) is 3.88. The molecule has 1 aliphatic rings. The molecule has 1 aromatic carbocycles. The average Bonchev–Trinajstić information content (AvgIpc) is 3.06. The number of benzene rings is 1. The molecule has 23 heavy (non-hydrogen) atoms. The Morgan fingerprint density at radius 2 is 1.78 bits per heavy atom. The van der Waals surface area contributed by atoms with Crippen LogP contribution in [0.3, 0.4) is 0 Å². The summed E-state index contributed by atoms with van der Waals surface area (Å²) in [5, 5.41) is 0.377. The Labute approximate surface area is 140 Å². The lowest BCUT2D eigenvalue weighted by molar-refractivity contribution is -0.130. The van der Waals surface area contributed by atoms with Crippen LogP contribution in [-0.4, -0.2) is 50.6 Å². The molecule has 2 amide bonds. The zero-order valence-corrected chi connectivity index (χ0v) is 14.4. The van der Waals surface area contributed by atoms with Crippen LogP contribution in [0, 0.1) is 0 Å². The van der Waals surface area contributed by atoms with E-state index in [1.54, 1.807) is 17.0 Å². The fourth-order valence-electron chi connectivity index (χ4n) is 2.62. The first kappa shape index (κ1) is 17.4. The highest BCUT2D eigenvalue weighted by Crippen LogP contribution is 2.38. The fraction of sp³-hybridized carbons (Fsp3) is 0.500. The van der Waals surface area contributed by atoms with Crippen LogP contribution in [0.25, 0.3) is 0 Å². The van der Waals surface area contributed by atoms with Gasteiger partial charge in [0.1, 0.15) is 18.0 Å². The van der Waals surface area contributed by atoms with Crippen molar-refractivity contribution in [3.8, 4) is 11.5 Å². The molecular formula is C16H21ClN2O4. The fourth-order valence-corrected chi connectivity index (χ4v) is 2.85. The number of amides is 2. The van der Waals surface area contributed by atoms with Gasteiger partial charge in [-0.1, -0.05) is 11.6 Å². The number of likely N-dealkylation sites (tertiary alicyclic amines) is 1. The topological polar surface area (TPSA) is 59.1 Å². The summed E-state index contributed by atoms with van der Waals surface area (Å²) in [5.74, 6) is 0.511. The minimum atomic E-state index is -0.250. The molecule has 126 valence electrons. The predicted molar refractivity (Wildman–Crippen MR) is 88.4 cm³/mol. The van der Waals surface area contributed by atoms with Gasteiger partial charge in [0.15, 0.2) is 0 Å². The largest absolute Gasteiger partial charge is 0.495 e. The molecule has 1 fully saturated rings. The molecule has 0 aromatic heterocycles. The average molecular weight is 341 g/mol. The molecule has 1 saturated heterocycles. The number of nitrogens with zero attached hydrogens (tertiary/aromatic N) is 2. The summed E-state index contributed by atoms with van der Waals surface area (Å²) in [6.07, 6.45) is 2.01. The molecule has 0 spiro atoms. The van der Waals surface area contributed by atoms with Crippen molar-refractivity contribution < 1.29 is 19.1 Å². The Balaban J connectivity index is 2.33. The zero-order chi connectivity index (χ0) is 17.0.